The number of anilines is 6. The van der Waals surface area contributed by atoms with E-state index in [1.807, 2.05) is 0 Å². The minimum atomic E-state index is -0.263. The van der Waals surface area contributed by atoms with E-state index in [1.165, 1.54) is 77.1 Å². The molecule has 99 heavy (non-hydrogen) atoms. The van der Waals surface area contributed by atoms with Crippen LogP contribution in [0.1, 0.15) is 78.0 Å². The Morgan fingerprint density at radius 1 is 0.293 bits per heavy atom. The van der Waals surface area contributed by atoms with Gasteiger partial charge in [0.15, 0.2) is 0 Å². The van der Waals surface area contributed by atoms with E-state index in [0.717, 1.165) is 95.4 Å². The monoisotopic (exact) mass is 1270 g/mol. The van der Waals surface area contributed by atoms with Crippen LogP contribution in [0.15, 0.2) is 322 Å². The van der Waals surface area contributed by atoms with E-state index in [4.69, 9.17) is 0 Å². The minimum Gasteiger partial charge on any atom is -0.310 e. The quantitative estimate of drug-likeness (QED) is 0.120. The highest BCUT2D eigenvalue weighted by molar-refractivity contribution is 7.00. The third-order valence-electron chi connectivity index (χ3n) is 20.9. The number of para-hydroxylation sites is 4. The maximum Gasteiger partial charge on any atom is 0.252 e. The number of rotatable bonds is 11. The first-order valence-corrected chi connectivity index (χ1v) is 35.1. The molecule has 0 bridgehead atoms. The molecule has 0 saturated heterocycles. The van der Waals surface area contributed by atoms with Crippen molar-refractivity contribution < 1.29 is 0 Å². The van der Waals surface area contributed by atoms with Crippen molar-refractivity contribution in [2.24, 2.45) is 0 Å². The standard InChI is InChI=1S/C95H78BN3/c1-62(2)63-47-49-64(50-48-63)69-51-53-85-82(57-69)96-83-58-70(76-40-28-46-87-90(76)81-39-24-25-45-84(81)97(87)75-37-22-13-23-38-75)52-54-86(83)99(93-79(67-33-18-11-19-34-67)43-27-44-80(93)68-35-20-12-21-36-68)89-60-72(71-55-73(94(3,4)5)61-74(56-71)95(6,7)8)59-88(91(89)96)98(85)92-77(65-29-14-9-15-30-65)41-26-42-78(92)66-31-16-10-17-32-66/h9-62H,1-8H3. The van der Waals surface area contributed by atoms with Gasteiger partial charge in [-0.25, -0.2) is 0 Å². The average Bonchev–Trinajstić information content (AvgIpc) is 1.15. The molecular weight excluding hydrogens is 1190 g/mol. The van der Waals surface area contributed by atoms with Crippen LogP contribution in [0.5, 0.6) is 0 Å². The van der Waals surface area contributed by atoms with Crippen LogP contribution in [0.3, 0.4) is 0 Å². The predicted octanol–water partition coefficient (Wildman–Crippen LogP) is 24.3. The van der Waals surface area contributed by atoms with Crippen LogP contribution in [0, 0.1) is 0 Å². The fourth-order valence-corrected chi connectivity index (χ4v) is 15.8. The van der Waals surface area contributed by atoms with E-state index >= 15 is 0 Å². The molecule has 3 nitrogen and oxygen atoms in total. The van der Waals surface area contributed by atoms with E-state index in [1.54, 1.807) is 0 Å². The van der Waals surface area contributed by atoms with E-state index in [0.29, 0.717) is 5.92 Å². The van der Waals surface area contributed by atoms with Gasteiger partial charge in [-0.2, -0.15) is 0 Å². The summed E-state index contributed by atoms with van der Waals surface area (Å²) in [6.45, 7) is 18.5. The summed E-state index contributed by atoms with van der Waals surface area (Å²) >= 11 is 0. The molecule has 1 aromatic heterocycles. The van der Waals surface area contributed by atoms with Gasteiger partial charge in [-0.1, -0.05) is 328 Å². The second-order valence-electron chi connectivity index (χ2n) is 29.4. The second kappa shape index (κ2) is 24.3. The molecule has 0 atom stereocenters. The molecule has 0 N–H and O–H groups in total. The number of hydrogen-bond donors (Lipinski definition) is 0. The molecule has 4 heteroatoms. The predicted molar refractivity (Wildman–Crippen MR) is 424 cm³/mol. The Kier molecular flexibility index (Phi) is 15.0. The lowest BCUT2D eigenvalue weighted by Gasteiger charge is -2.46. The van der Waals surface area contributed by atoms with Crippen LogP contribution in [0.25, 0.3) is 105 Å². The first kappa shape index (κ1) is 61.2. The van der Waals surface area contributed by atoms with E-state index < -0.39 is 0 Å². The third-order valence-corrected chi connectivity index (χ3v) is 20.9. The molecular formula is C95H78BN3. The Morgan fingerprint density at radius 2 is 0.687 bits per heavy atom. The van der Waals surface area contributed by atoms with Gasteiger partial charge in [-0.15, -0.1) is 0 Å². The molecule has 0 saturated carbocycles. The Labute approximate surface area is 583 Å². The largest absolute Gasteiger partial charge is 0.310 e. The van der Waals surface area contributed by atoms with Crippen LogP contribution in [0.2, 0.25) is 0 Å². The normalized spacial score (nSPS) is 12.7. The highest BCUT2D eigenvalue weighted by Gasteiger charge is 2.46. The van der Waals surface area contributed by atoms with Gasteiger partial charge in [-0.3, -0.25) is 0 Å². The minimum absolute atomic E-state index is 0.136. The molecule has 0 unspecified atom stereocenters. The van der Waals surface area contributed by atoms with Crippen molar-refractivity contribution in [2.45, 2.75) is 72.1 Å². The van der Waals surface area contributed by atoms with Gasteiger partial charge in [0.1, 0.15) is 0 Å². The van der Waals surface area contributed by atoms with Gasteiger partial charge >= 0.3 is 0 Å². The summed E-state index contributed by atoms with van der Waals surface area (Å²) < 4.78 is 2.44. The van der Waals surface area contributed by atoms with Crippen molar-refractivity contribution in [1.82, 2.24) is 4.57 Å². The summed E-state index contributed by atoms with van der Waals surface area (Å²) in [5.41, 5.74) is 34.0. The van der Waals surface area contributed by atoms with E-state index in [9.17, 15) is 0 Å². The van der Waals surface area contributed by atoms with Crippen LogP contribution in [-0.4, -0.2) is 11.3 Å². The highest BCUT2D eigenvalue weighted by atomic mass is 15.2. The lowest BCUT2D eigenvalue weighted by atomic mass is 9.33. The number of aromatic nitrogens is 1. The van der Waals surface area contributed by atoms with Crippen molar-refractivity contribution in [1.29, 1.82) is 0 Å². The molecule has 476 valence electrons. The molecule has 0 amide bonds. The zero-order valence-corrected chi connectivity index (χ0v) is 57.6. The molecule has 0 aliphatic carbocycles. The summed E-state index contributed by atoms with van der Waals surface area (Å²) in [5, 5.41) is 2.45. The maximum atomic E-state index is 2.70. The van der Waals surface area contributed by atoms with Crippen LogP contribution < -0.4 is 26.2 Å². The van der Waals surface area contributed by atoms with Crippen molar-refractivity contribution in [2.75, 3.05) is 9.80 Å². The van der Waals surface area contributed by atoms with Crippen molar-refractivity contribution in [3.8, 4) is 83.6 Å². The second-order valence-corrected chi connectivity index (χ2v) is 29.4. The maximum absolute atomic E-state index is 2.70. The lowest BCUT2D eigenvalue weighted by Crippen LogP contribution is -2.61. The zero-order valence-electron chi connectivity index (χ0n) is 57.6. The molecule has 0 fully saturated rings. The summed E-state index contributed by atoms with van der Waals surface area (Å²) in [6, 6.07) is 122. The Balaban J connectivity index is 1.06. The Hall–Kier alpha value is -11.5. The lowest BCUT2D eigenvalue weighted by molar-refractivity contribution is 0.569. The SMILES string of the molecule is CC(C)c1ccc(-c2ccc3c(c2)B2c4cc(-c5cccc6c5c5ccccc5n6-c5ccccc5)ccc4N(c4c(-c5ccccc5)cccc4-c4ccccc4)c4cc(-c5cc(C(C)(C)C)cc(C(C)(C)C)c5)cc(c42)N3c2c(-c3ccccc3)cccc2-c2ccccc2)cc1. The fraction of sp³-hybridized carbons (Fsp3) is 0.116. The van der Waals surface area contributed by atoms with Crippen LogP contribution in [-0.2, 0) is 10.8 Å². The first-order chi connectivity index (χ1) is 48.2. The van der Waals surface area contributed by atoms with Gasteiger partial charge in [-0.05, 0) is 154 Å². The molecule has 0 spiro atoms. The molecule has 15 aromatic rings. The van der Waals surface area contributed by atoms with Crippen molar-refractivity contribution >= 4 is 79.0 Å². The average molecular weight is 1270 g/mol. The highest BCUT2D eigenvalue weighted by Crippen LogP contribution is 2.55. The first-order valence-electron chi connectivity index (χ1n) is 35.1. The number of nitrogens with zero attached hydrogens (tertiary/aromatic N) is 3. The van der Waals surface area contributed by atoms with Gasteiger partial charge in [0.05, 0.1) is 22.4 Å². The topological polar surface area (TPSA) is 11.4 Å². The Bertz CT molecular complexity index is 5420. The van der Waals surface area contributed by atoms with Crippen LogP contribution in [0.4, 0.5) is 34.1 Å². The van der Waals surface area contributed by atoms with E-state index in [2.05, 4.69) is 391 Å². The molecule has 3 heterocycles. The third kappa shape index (κ3) is 10.6. The summed E-state index contributed by atoms with van der Waals surface area (Å²) in [6.07, 6.45) is 0. The van der Waals surface area contributed by atoms with Crippen molar-refractivity contribution in [3.05, 3.63) is 338 Å². The van der Waals surface area contributed by atoms with Gasteiger partial charge in [0.25, 0.3) is 6.71 Å². The van der Waals surface area contributed by atoms with Crippen molar-refractivity contribution in [3.63, 3.8) is 0 Å². The van der Waals surface area contributed by atoms with Gasteiger partial charge in [0.2, 0.25) is 0 Å². The van der Waals surface area contributed by atoms with Crippen LogP contribution >= 0.6 is 0 Å². The Morgan fingerprint density at radius 3 is 1.16 bits per heavy atom. The molecule has 17 rings (SSSR count). The zero-order chi connectivity index (χ0) is 67.3. The summed E-state index contributed by atoms with van der Waals surface area (Å²) in [7, 11) is 0. The fourth-order valence-electron chi connectivity index (χ4n) is 15.8. The smallest absolute Gasteiger partial charge is 0.252 e. The number of benzene rings is 14. The molecule has 0 radical (unpaired) electrons. The van der Waals surface area contributed by atoms with E-state index in [-0.39, 0.29) is 17.5 Å². The number of fused-ring (bicyclic) bond motifs is 7. The number of hydrogen-bond acceptors (Lipinski definition) is 2. The van der Waals surface area contributed by atoms with Gasteiger partial charge < -0.3 is 14.4 Å². The van der Waals surface area contributed by atoms with Gasteiger partial charge in [0, 0.05) is 61.5 Å². The molecule has 2 aliphatic rings. The molecule has 2 aliphatic heterocycles. The summed E-state index contributed by atoms with van der Waals surface area (Å²) in [4.78, 5) is 5.39. The summed E-state index contributed by atoms with van der Waals surface area (Å²) in [5.74, 6) is 0.404. The molecule has 14 aromatic carbocycles.